The molecule has 2 aliphatic rings. The number of nitrogens with zero attached hydrogens (tertiary/aromatic N) is 1. The second-order valence-electron chi connectivity index (χ2n) is 7.66. The van der Waals surface area contributed by atoms with Gasteiger partial charge in [-0.25, -0.2) is 13.2 Å². The van der Waals surface area contributed by atoms with Gasteiger partial charge >= 0.3 is 5.97 Å². The first-order valence-electron chi connectivity index (χ1n) is 9.82. The van der Waals surface area contributed by atoms with Crippen molar-refractivity contribution in [2.24, 2.45) is 0 Å². The zero-order valence-corrected chi connectivity index (χ0v) is 19.8. The van der Waals surface area contributed by atoms with Crippen molar-refractivity contribution in [3.63, 3.8) is 0 Å². The van der Waals surface area contributed by atoms with Crippen LogP contribution in [0.5, 0.6) is 28.7 Å². The number of benzene rings is 2. The summed E-state index contributed by atoms with van der Waals surface area (Å²) in [6, 6.07) is 2.53. The van der Waals surface area contributed by atoms with Crippen LogP contribution in [0.15, 0.2) is 17.0 Å². The number of ether oxygens (including phenoxy) is 4. The molecule has 0 radical (unpaired) electrons. The fraction of sp³-hybridized carbons (Fsp3) is 0.381. The second-order valence-corrected chi connectivity index (χ2v) is 10.2. The third-order valence-electron chi connectivity index (χ3n) is 6.04. The van der Waals surface area contributed by atoms with Crippen molar-refractivity contribution < 1.29 is 42.4 Å². The normalized spacial score (nSPS) is 20.1. The summed E-state index contributed by atoms with van der Waals surface area (Å²) in [6.45, 7) is 0.348. The molecule has 10 nitrogen and oxygen atoms in total. The largest absolute Gasteiger partial charge is 0.503 e. The summed E-state index contributed by atoms with van der Waals surface area (Å²) in [5, 5.41) is 21.0. The molecule has 0 bridgehead atoms. The highest BCUT2D eigenvalue weighted by Gasteiger charge is 2.47. The zero-order chi connectivity index (χ0) is 24.2. The summed E-state index contributed by atoms with van der Waals surface area (Å²) in [6.07, 6.45) is -0.715. The van der Waals surface area contributed by atoms with Crippen LogP contribution in [0.3, 0.4) is 0 Å². The van der Waals surface area contributed by atoms with E-state index in [1.54, 1.807) is 19.2 Å². The minimum absolute atomic E-state index is 0.131. The lowest BCUT2D eigenvalue weighted by molar-refractivity contribution is 0.00848. The van der Waals surface area contributed by atoms with Crippen LogP contribution >= 0.6 is 10.7 Å². The van der Waals surface area contributed by atoms with Crippen molar-refractivity contribution in [1.82, 2.24) is 4.90 Å². The quantitative estimate of drug-likeness (QED) is 0.359. The van der Waals surface area contributed by atoms with Crippen molar-refractivity contribution in [2.75, 3.05) is 34.9 Å². The van der Waals surface area contributed by atoms with Crippen LogP contribution in [0.25, 0.3) is 0 Å². The number of halogens is 1. The number of rotatable bonds is 5. The number of phenols is 2. The minimum Gasteiger partial charge on any atom is -0.503 e. The predicted molar refractivity (Wildman–Crippen MR) is 116 cm³/mol. The number of phenolic OH excluding ortho intramolecular Hbond substituents is 2. The molecular formula is C21H22ClNO9S. The Morgan fingerprint density at radius 2 is 1.76 bits per heavy atom. The predicted octanol–water partition coefficient (Wildman–Crippen LogP) is 2.49. The topological polar surface area (TPSA) is 132 Å². The lowest BCUT2D eigenvalue weighted by Gasteiger charge is -2.39. The maximum absolute atomic E-state index is 12.9. The molecule has 1 unspecified atom stereocenters. The van der Waals surface area contributed by atoms with Gasteiger partial charge in [-0.1, -0.05) is 6.07 Å². The lowest BCUT2D eigenvalue weighted by atomic mass is 9.85. The fourth-order valence-electron chi connectivity index (χ4n) is 4.67. The monoisotopic (exact) mass is 499 g/mol. The molecule has 2 N–H and O–H groups in total. The van der Waals surface area contributed by atoms with Gasteiger partial charge in [-0.2, -0.15) is 0 Å². The average molecular weight is 500 g/mol. The molecule has 0 saturated carbocycles. The average Bonchev–Trinajstić information content (AvgIpc) is 3.09. The van der Waals surface area contributed by atoms with Crippen molar-refractivity contribution in [3.05, 3.63) is 34.4 Å². The molecule has 2 aromatic carbocycles. The van der Waals surface area contributed by atoms with Crippen LogP contribution in [0.1, 0.15) is 39.2 Å². The van der Waals surface area contributed by atoms with Crippen LogP contribution in [-0.4, -0.2) is 64.4 Å². The lowest BCUT2D eigenvalue weighted by Crippen LogP contribution is -2.37. The van der Waals surface area contributed by atoms with E-state index in [9.17, 15) is 23.4 Å². The van der Waals surface area contributed by atoms with Gasteiger partial charge in [-0.05, 0) is 25.1 Å². The Morgan fingerprint density at radius 1 is 1.09 bits per heavy atom. The van der Waals surface area contributed by atoms with Gasteiger partial charge in [-0.3, -0.25) is 4.90 Å². The van der Waals surface area contributed by atoms with E-state index in [0.29, 0.717) is 17.9 Å². The minimum atomic E-state index is -4.43. The van der Waals surface area contributed by atoms with Crippen LogP contribution in [0, 0.1) is 0 Å². The molecule has 0 spiro atoms. The standard InChI is InChI=1S/C21H22ClNO9S/c1-23-8-7-10-12(19(31-4)15(24)16(25)20(10)33(22,27)28)14(23)17-9-5-6-11(29-2)18(30-3)13(9)21(26)32-17/h5-6,14,17,24-25H,7-8H2,1-4H3/t14-,17?/m1/s1. The third-order valence-corrected chi connectivity index (χ3v) is 7.43. The molecule has 0 aromatic heterocycles. The Hall–Kier alpha value is -2.89. The van der Waals surface area contributed by atoms with Gasteiger partial charge in [0.15, 0.2) is 23.0 Å². The third kappa shape index (κ3) is 3.42. The number of esters is 1. The van der Waals surface area contributed by atoms with Crippen LogP contribution in [0.4, 0.5) is 0 Å². The highest BCUT2D eigenvalue weighted by Crippen LogP contribution is 2.56. The van der Waals surface area contributed by atoms with E-state index >= 15 is 0 Å². The zero-order valence-electron chi connectivity index (χ0n) is 18.2. The van der Waals surface area contributed by atoms with E-state index < -0.39 is 43.6 Å². The van der Waals surface area contributed by atoms with Gasteiger partial charge in [0.25, 0.3) is 9.05 Å². The van der Waals surface area contributed by atoms with Gasteiger partial charge in [0.1, 0.15) is 16.6 Å². The van der Waals surface area contributed by atoms with Crippen LogP contribution in [0.2, 0.25) is 0 Å². The van der Waals surface area contributed by atoms with Gasteiger partial charge < -0.3 is 29.2 Å². The van der Waals surface area contributed by atoms with E-state index in [2.05, 4.69) is 0 Å². The molecule has 12 heteroatoms. The molecule has 33 heavy (non-hydrogen) atoms. The van der Waals surface area contributed by atoms with Crippen LogP contribution in [-0.2, 0) is 20.2 Å². The van der Waals surface area contributed by atoms with E-state index in [0.717, 1.165) is 0 Å². The second kappa shape index (κ2) is 8.15. The first-order valence-corrected chi connectivity index (χ1v) is 12.1. The van der Waals surface area contributed by atoms with E-state index in [-0.39, 0.29) is 34.6 Å². The van der Waals surface area contributed by atoms with Gasteiger partial charge in [-0.15, -0.1) is 0 Å². The fourth-order valence-corrected chi connectivity index (χ4v) is 6.00. The van der Waals surface area contributed by atoms with Gasteiger partial charge in [0.2, 0.25) is 5.75 Å². The van der Waals surface area contributed by atoms with Gasteiger partial charge in [0.05, 0.1) is 27.4 Å². The van der Waals surface area contributed by atoms with Gasteiger partial charge in [0, 0.05) is 28.4 Å². The summed E-state index contributed by atoms with van der Waals surface area (Å²) < 4.78 is 46.4. The molecule has 0 saturated heterocycles. The summed E-state index contributed by atoms with van der Waals surface area (Å²) in [7, 11) is 7.07. The van der Waals surface area contributed by atoms with Crippen molar-refractivity contribution >= 4 is 25.7 Å². The molecular weight excluding hydrogens is 478 g/mol. The molecule has 2 aromatic rings. The first kappa shape index (κ1) is 23.3. The first-order chi connectivity index (χ1) is 15.6. The summed E-state index contributed by atoms with van der Waals surface area (Å²) in [4.78, 5) is 14.1. The highest BCUT2D eigenvalue weighted by atomic mass is 35.7. The van der Waals surface area contributed by atoms with Crippen molar-refractivity contribution in [2.45, 2.75) is 23.5 Å². The Labute approximate surface area is 194 Å². The molecule has 2 heterocycles. The number of likely N-dealkylation sites (N-methyl/N-ethyl adjacent to an activating group) is 1. The molecule has 178 valence electrons. The number of carbonyl (C=O) groups is 1. The highest BCUT2D eigenvalue weighted by molar-refractivity contribution is 8.13. The molecule has 4 rings (SSSR count). The number of carbonyl (C=O) groups excluding carboxylic acids is 1. The summed E-state index contributed by atoms with van der Waals surface area (Å²) in [5.74, 6) is -1.87. The number of aromatic hydroxyl groups is 2. The van der Waals surface area contributed by atoms with Crippen molar-refractivity contribution in [3.8, 4) is 28.7 Å². The Kier molecular flexibility index (Phi) is 5.75. The molecule has 2 atom stereocenters. The maximum Gasteiger partial charge on any atom is 0.343 e. The summed E-state index contributed by atoms with van der Waals surface area (Å²) in [5.41, 5.74) is 1.12. The molecule has 0 aliphatic carbocycles. The Bertz CT molecular complexity index is 1260. The van der Waals surface area contributed by atoms with Crippen LogP contribution < -0.4 is 14.2 Å². The Morgan fingerprint density at radius 3 is 2.33 bits per heavy atom. The number of fused-ring (bicyclic) bond motifs is 2. The maximum atomic E-state index is 12.9. The number of methoxy groups -OCH3 is 3. The smallest absolute Gasteiger partial charge is 0.343 e. The van der Waals surface area contributed by atoms with Crippen molar-refractivity contribution in [1.29, 1.82) is 0 Å². The SMILES string of the molecule is COc1ccc2c(c1OC)C(=O)OC2[C@H]1c2c(c(S(=O)(=O)Cl)c(O)c(O)c2OC)CCN1C. The molecule has 0 amide bonds. The number of hydrogen-bond acceptors (Lipinski definition) is 10. The Balaban J connectivity index is 2.01. The van der Waals surface area contributed by atoms with E-state index in [4.69, 9.17) is 29.6 Å². The molecule has 0 fully saturated rings. The number of hydrogen-bond donors (Lipinski definition) is 2. The van der Waals surface area contributed by atoms with E-state index in [1.165, 1.54) is 21.3 Å². The molecule has 2 aliphatic heterocycles. The van der Waals surface area contributed by atoms with E-state index in [1.807, 2.05) is 4.90 Å². The summed E-state index contributed by atoms with van der Waals surface area (Å²) >= 11 is 0. The number of cyclic esters (lactones) is 1.